The number of hydrogen-bond donors (Lipinski definition) is 2. The van der Waals surface area contributed by atoms with E-state index in [1.807, 2.05) is 6.92 Å². The first-order chi connectivity index (χ1) is 9.15. The minimum atomic E-state index is -0.304. The van der Waals surface area contributed by atoms with Gasteiger partial charge in [0.2, 0.25) is 5.91 Å². The zero-order chi connectivity index (χ0) is 14.1. The van der Waals surface area contributed by atoms with Gasteiger partial charge >= 0.3 is 0 Å². The van der Waals surface area contributed by atoms with Gasteiger partial charge in [-0.05, 0) is 37.1 Å². The second kappa shape index (κ2) is 8.48. The van der Waals surface area contributed by atoms with Crippen LogP contribution in [0.1, 0.15) is 26.2 Å². The Morgan fingerprint density at radius 2 is 2.11 bits per heavy atom. The molecule has 2 N–H and O–H groups in total. The van der Waals surface area contributed by atoms with Gasteiger partial charge in [0.1, 0.15) is 11.6 Å². The summed E-state index contributed by atoms with van der Waals surface area (Å²) in [4.78, 5) is 11.5. The maximum atomic E-state index is 12.6. The lowest BCUT2D eigenvalue weighted by atomic mass is 10.2. The van der Waals surface area contributed by atoms with E-state index in [4.69, 9.17) is 9.84 Å². The molecule has 0 aliphatic carbocycles. The van der Waals surface area contributed by atoms with E-state index in [9.17, 15) is 9.18 Å². The predicted molar refractivity (Wildman–Crippen MR) is 70.4 cm³/mol. The average molecular weight is 269 g/mol. The van der Waals surface area contributed by atoms with Crippen molar-refractivity contribution < 1.29 is 19.0 Å². The molecule has 5 heteroatoms. The summed E-state index contributed by atoms with van der Waals surface area (Å²) in [6.07, 6.45) is 1.62. The van der Waals surface area contributed by atoms with Crippen molar-refractivity contribution in [3.05, 3.63) is 30.1 Å². The predicted octanol–water partition coefficient (Wildman–Crippen LogP) is 1.87. The lowest BCUT2D eigenvalue weighted by Crippen LogP contribution is -2.36. The van der Waals surface area contributed by atoms with Gasteiger partial charge in [0.15, 0.2) is 0 Å². The number of rotatable bonds is 8. The summed E-state index contributed by atoms with van der Waals surface area (Å²) >= 11 is 0. The van der Waals surface area contributed by atoms with Gasteiger partial charge in [-0.3, -0.25) is 4.79 Å². The molecule has 0 aromatic heterocycles. The number of ether oxygens (including phenoxy) is 1. The first-order valence-corrected chi connectivity index (χ1v) is 6.44. The first-order valence-electron chi connectivity index (χ1n) is 6.44. The second-order valence-corrected chi connectivity index (χ2v) is 4.26. The molecule has 1 amide bonds. The highest BCUT2D eigenvalue weighted by molar-refractivity contribution is 5.76. The van der Waals surface area contributed by atoms with E-state index in [1.54, 1.807) is 12.1 Å². The van der Waals surface area contributed by atoms with E-state index in [1.165, 1.54) is 12.1 Å². The normalized spacial score (nSPS) is 11.9. The van der Waals surface area contributed by atoms with Gasteiger partial charge in [0.25, 0.3) is 0 Å². The quantitative estimate of drug-likeness (QED) is 0.708. The van der Waals surface area contributed by atoms with E-state index < -0.39 is 0 Å². The maximum absolute atomic E-state index is 12.6. The van der Waals surface area contributed by atoms with Crippen molar-refractivity contribution in [2.75, 3.05) is 13.2 Å². The Labute approximate surface area is 112 Å². The summed E-state index contributed by atoms with van der Waals surface area (Å²) in [7, 11) is 0. The molecule has 1 rings (SSSR count). The number of aliphatic hydroxyl groups excluding tert-OH is 1. The molecule has 1 aromatic carbocycles. The number of benzene rings is 1. The Balaban J connectivity index is 2.16. The van der Waals surface area contributed by atoms with Crippen LogP contribution in [0.2, 0.25) is 0 Å². The number of amides is 1. The zero-order valence-corrected chi connectivity index (χ0v) is 11.1. The number of halogens is 1. The van der Waals surface area contributed by atoms with Crippen molar-refractivity contribution in [1.82, 2.24) is 5.32 Å². The third-order valence-corrected chi connectivity index (χ3v) is 2.71. The summed E-state index contributed by atoms with van der Waals surface area (Å²) in [5.41, 5.74) is 0. The maximum Gasteiger partial charge on any atom is 0.220 e. The van der Waals surface area contributed by atoms with E-state index in [-0.39, 0.29) is 24.4 Å². The Hall–Kier alpha value is -1.62. The Morgan fingerprint density at radius 1 is 1.42 bits per heavy atom. The summed E-state index contributed by atoms with van der Waals surface area (Å²) in [5.74, 6) is 0.188. The van der Waals surface area contributed by atoms with Crippen LogP contribution in [0, 0.1) is 5.82 Å². The monoisotopic (exact) mass is 269 g/mol. The average Bonchev–Trinajstić information content (AvgIpc) is 2.43. The number of hydrogen-bond acceptors (Lipinski definition) is 3. The molecule has 0 fully saturated rings. The van der Waals surface area contributed by atoms with Crippen LogP contribution in [0.5, 0.6) is 5.75 Å². The number of carbonyl (C=O) groups excluding carboxylic acids is 1. The molecule has 0 aliphatic rings. The SMILES string of the molecule is CC[C@H](CO)NC(=O)CCCOc1ccc(F)cc1. The van der Waals surface area contributed by atoms with Crippen molar-refractivity contribution >= 4 is 5.91 Å². The van der Waals surface area contributed by atoms with E-state index in [2.05, 4.69) is 5.32 Å². The molecule has 0 radical (unpaired) electrons. The number of aliphatic hydroxyl groups is 1. The molecular formula is C14H20FNO3. The van der Waals surface area contributed by atoms with Gasteiger partial charge in [-0.15, -0.1) is 0 Å². The van der Waals surface area contributed by atoms with Crippen LogP contribution in [0.15, 0.2) is 24.3 Å². The van der Waals surface area contributed by atoms with Crippen molar-refractivity contribution in [2.45, 2.75) is 32.2 Å². The van der Waals surface area contributed by atoms with Crippen LogP contribution >= 0.6 is 0 Å². The lowest BCUT2D eigenvalue weighted by Gasteiger charge is -2.13. The number of carbonyl (C=O) groups is 1. The standard InChI is InChI=1S/C14H20FNO3/c1-2-12(10-17)16-14(18)4-3-9-19-13-7-5-11(15)6-8-13/h5-8,12,17H,2-4,9-10H2,1H3,(H,16,18)/t12-/m1/s1. The molecule has 0 bridgehead atoms. The third-order valence-electron chi connectivity index (χ3n) is 2.71. The largest absolute Gasteiger partial charge is 0.494 e. The van der Waals surface area contributed by atoms with Gasteiger partial charge < -0.3 is 15.2 Å². The minimum absolute atomic E-state index is 0.0473. The molecule has 0 saturated heterocycles. The smallest absolute Gasteiger partial charge is 0.220 e. The van der Waals surface area contributed by atoms with E-state index in [0.717, 1.165) is 0 Å². The van der Waals surface area contributed by atoms with Crippen LogP contribution in [0.4, 0.5) is 4.39 Å². The molecule has 0 saturated carbocycles. The van der Waals surface area contributed by atoms with Gasteiger partial charge in [-0.2, -0.15) is 0 Å². The topological polar surface area (TPSA) is 58.6 Å². The van der Waals surface area contributed by atoms with E-state index in [0.29, 0.717) is 31.6 Å². The van der Waals surface area contributed by atoms with Crippen molar-refractivity contribution in [3.8, 4) is 5.75 Å². The molecule has 0 aliphatic heterocycles. The molecule has 4 nitrogen and oxygen atoms in total. The van der Waals surface area contributed by atoms with Crippen LogP contribution in [-0.2, 0) is 4.79 Å². The van der Waals surface area contributed by atoms with Crippen molar-refractivity contribution in [3.63, 3.8) is 0 Å². The van der Waals surface area contributed by atoms with Gasteiger partial charge in [0, 0.05) is 6.42 Å². The fraction of sp³-hybridized carbons (Fsp3) is 0.500. The Bertz CT molecular complexity index is 377. The Kier molecular flexibility index (Phi) is 6.89. The van der Waals surface area contributed by atoms with Gasteiger partial charge in [-0.25, -0.2) is 4.39 Å². The lowest BCUT2D eigenvalue weighted by molar-refractivity contribution is -0.122. The van der Waals surface area contributed by atoms with Gasteiger partial charge in [-0.1, -0.05) is 6.92 Å². The molecule has 0 spiro atoms. The molecular weight excluding hydrogens is 249 g/mol. The first kappa shape index (κ1) is 15.4. The summed E-state index contributed by atoms with van der Waals surface area (Å²) < 4.78 is 18.0. The summed E-state index contributed by atoms with van der Waals surface area (Å²) in [5, 5.41) is 11.7. The Morgan fingerprint density at radius 3 is 2.68 bits per heavy atom. The van der Waals surface area contributed by atoms with Crippen molar-refractivity contribution in [1.29, 1.82) is 0 Å². The summed E-state index contributed by atoms with van der Waals surface area (Å²) in [6, 6.07) is 5.58. The molecule has 19 heavy (non-hydrogen) atoms. The fourth-order valence-electron chi connectivity index (χ4n) is 1.53. The highest BCUT2D eigenvalue weighted by atomic mass is 19.1. The third kappa shape index (κ3) is 6.20. The van der Waals surface area contributed by atoms with E-state index >= 15 is 0 Å². The molecule has 1 aromatic rings. The van der Waals surface area contributed by atoms with Crippen LogP contribution in [0.3, 0.4) is 0 Å². The second-order valence-electron chi connectivity index (χ2n) is 4.26. The highest BCUT2D eigenvalue weighted by Crippen LogP contribution is 2.11. The molecule has 106 valence electrons. The van der Waals surface area contributed by atoms with Crippen LogP contribution < -0.4 is 10.1 Å². The highest BCUT2D eigenvalue weighted by Gasteiger charge is 2.08. The fourth-order valence-corrected chi connectivity index (χ4v) is 1.53. The minimum Gasteiger partial charge on any atom is -0.494 e. The zero-order valence-electron chi connectivity index (χ0n) is 11.1. The van der Waals surface area contributed by atoms with Crippen LogP contribution in [0.25, 0.3) is 0 Å². The molecule has 0 unspecified atom stereocenters. The number of nitrogens with one attached hydrogen (secondary N) is 1. The molecule has 1 atom stereocenters. The van der Waals surface area contributed by atoms with Crippen molar-refractivity contribution in [2.24, 2.45) is 0 Å². The molecule has 0 heterocycles. The van der Waals surface area contributed by atoms with Gasteiger partial charge in [0.05, 0.1) is 19.3 Å². The van der Waals surface area contributed by atoms with Crippen LogP contribution in [-0.4, -0.2) is 30.3 Å². The summed E-state index contributed by atoms with van der Waals surface area (Å²) in [6.45, 7) is 2.25.